The van der Waals surface area contributed by atoms with E-state index in [0.717, 1.165) is 10.5 Å². The topological polar surface area (TPSA) is 18.5 Å². The third-order valence-corrected chi connectivity index (χ3v) is 2.28. The molecule has 0 amide bonds. The molecule has 0 atom stereocenters. The van der Waals surface area contributed by atoms with E-state index in [1.165, 1.54) is 0 Å². The van der Waals surface area contributed by atoms with Gasteiger partial charge in [-0.05, 0) is 18.6 Å². The quantitative estimate of drug-likeness (QED) is 0.711. The van der Waals surface area contributed by atoms with E-state index in [1.807, 2.05) is 19.1 Å². The smallest absolute Gasteiger partial charge is 0.174 e. The molecule has 1 aromatic rings. The van der Waals surface area contributed by atoms with Crippen LogP contribution in [0.2, 0.25) is 0 Å². The zero-order valence-corrected chi connectivity index (χ0v) is 8.31. The van der Waals surface area contributed by atoms with Crippen molar-refractivity contribution >= 4 is 12.6 Å². The summed E-state index contributed by atoms with van der Waals surface area (Å²) in [6.07, 6.45) is 0. The lowest BCUT2D eigenvalue weighted by molar-refractivity contribution is 0.347. The van der Waals surface area contributed by atoms with Crippen molar-refractivity contribution in [3.63, 3.8) is 0 Å². The van der Waals surface area contributed by atoms with Gasteiger partial charge in [0.1, 0.15) is 0 Å². The van der Waals surface area contributed by atoms with E-state index in [9.17, 15) is 0 Å². The van der Waals surface area contributed by atoms with E-state index in [4.69, 9.17) is 9.47 Å². The van der Waals surface area contributed by atoms with E-state index < -0.39 is 0 Å². The van der Waals surface area contributed by atoms with Gasteiger partial charge in [-0.1, -0.05) is 6.07 Å². The fourth-order valence-corrected chi connectivity index (χ4v) is 1.29. The van der Waals surface area contributed by atoms with Gasteiger partial charge < -0.3 is 9.47 Å². The van der Waals surface area contributed by atoms with Crippen molar-refractivity contribution in [2.24, 2.45) is 0 Å². The monoisotopic (exact) mass is 184 g/mol. The Morgan fingerprint density at radius 1 is 1.17 bits per heavy atom. The first kappa shape index (κ1) is 9.26. The molecule has 0 heterocycles. The zero-order chi connectivity index (χ0) is 9.14. The summed E-state index contributed by atoms with van der Waals surface area (Å²) in [5.74, 6) is 1.41. The molecule has 0 aromatic heterocycles. The Morgan fingerprint density at radius 2 is 1.83 bits per heavy atom. The number of thiol groups is 1. The van der Waals surface area contributed by atoms with Crippen LogP contribution in [0, 0.1) is 6.92 Å². The predicted octanol–water partition coefficient (Wildman–Crippen LogP) is 2.30. The Labute approximate surface area is 77.9 Å². The average molecular weight is 184 g/mol. The second-order valence-corrected chi connectivity index (χ2v) is 2.91. The Bertz CT molecular complexity index is 284. The lowest BCUT2D eigenvalue weighted by Gasteiger charge is -2.10. The molecular formula is C9H12O2S. The van der Waals surface area contributed by atoms with Gasteiger partial charge in [0.25, 0.3) is 0 Å². The normalized spacial score (nSPS) is 9.67. The molecule has 1 aromatic carbocycles. The van der Waals surface area contributed by atoms with E-state index in [2.05, 4.69) is 12.6 Å². The molecule has 0 radical (unpaired) electrons. The van der Waals surface area contributed by atoms with Crippen LogP contribution in [0.3, 0.4) is 0 Å². The molecule has 12 heavy (non-hydrogen) atoms. The molecule has 0 unspecified atom stereocenters. The van der Waals surface area contributed by atoms with Crippen molar-refractivity contribution in [2.75, 3.05) is 14.2 Å². The van der Waals surface area contributed by atoms with E-state index in [-0.39, 0.29) is 0 Å². The molecule has 0 N–H and O–H groups in total. The maximum atomic E-state index is 5.15. The Kier molecular flexibility index (Phi) is 2.87. The van der Waals surface area contributed by atoms with Gasteiger partial charge in [0.05, 0.1) is 19.1 Å². The summed E-state index contributed by atoms with van der Waals surface area (Å²) >= 11 is 4.31. The largest absolute Gasteiger partial charge is 0.493 e. The van der Waals surface area contributed by atoms with Gasteiger partial charge in [-0.3, -0.25) is 0 Å². The molecule has 66 valence electrons. The van der Waals surface area contributed by atoms with E-state index in [1.54, 1.807) is 14.2 Å². The molecule has 0 bridgehead atoms. The molecule has 2 nitrogen and oxygen atoms in total. The fourth-order valence-electron chi connectivity index (χ4n) is 1.01. The summed E-state index contributed by atoms with van der Waals surface area (Å²) in [5, 5.41) is 0. The first-order valence-corrected chi connectivity index (χ1v) is 4.06. The molecule has 0 aliphatic rings. The van der Waals surface area contributed by atoms with Crippen LogP contribution in [0.25, 0.3) is 0 Å². The van der Waals surface area contributed by atoms with E-state index >= 15 is 0 Å². The maximum Gasteiger partial charge on any atom is 0.174 e. The minimum Gasteiger partial charge on any atom is -0.493 e. The number of hydrogen-bond acceptors (Lipinski definition) is 3. The highest BCUT2D eigenvalue weighted by Crippen LogP contribution is 2.35. The fraction of sp³-hybridized carbons (Fsp3) is 0.333. The zero-order valence-electron chi connectivity index (χ0n) is 7.42. The summed E-state index contributed by atoms with van der Waals surface area (Å²) in [7, 11) is 3.22. The van der Waals surface area contributed by atoms with Gasteiger partial charge in [-0.15, -0.1) is 12.6 Å². The van der Waals surface area contributed by atoms with Gasteiger partial charge >= 0.3 is 0 Å². The molecule has 1 rings (SSSR count). The molecule has 0 aliphatic carbocycles. The Morgan fingerprint density at radius 3 is 2.33 bits per heavy atom. The van der Waals surface area contributed by atoms with Crippen LogP contribution in [0.15, 0.2) is 17.0 Å². The van der Waals surface area contributed by atoms with Crippen molar-refractivity contribution in [1.29, 1.82) is 0 Å². The van der Waals surface area contributed by atoms with E-state index in [0.29, 0.717) is 11.5 Å². The first-order valence-electron chi connectivity index (χ1n) is 3.61. The molecule has 0 saturated heterocycles. The molecule has 0 saturated carbocycles. The summed E-state index contributed by atoms with van der Waals surface area (Å²) in [6.45, 7) is 1.98. The van der Waals surface area contributed by atoms with Gasteiger partial charge in [0.2, 0.25) is 0 Å². The second-order valence-electron chi connectivity index (χ2n) is 2.47. The Hall–Kier alpha value is -0.830. The Balaban J connectivity index is 3.25. The lowest BCUT2D eigenvalue weighted by Crippen LogP contribution is -1.92. The highest BCUT2D eigenvalue weighted by atomic mass is 32.1. The summed E-state index contributed by atoms with van der Waals surface area (Å²) < 4.78 is 10.2. The molecule has 3 heteroatoms. The van der Waals surface area contributed by atoms with Crippen LogP contribution in [0.5, 0.6) is 11.5 Å². The molecule has 0 aliphatic heterocycles. The van der Waals surface area contributed by atoms with Crippen LogP contribution in [0.4, 0.5) is 0 Å². The molecule has 0 fully saturated rings. The summed E-state index contributed by atoms with van der Waals surface area (Å²) in [6, 6.07) is 3.82. The number of methoxy groups -OCH3 is 2. The summed E-state index contributed by atoms with van der Waals surface area (Å²) in [4.78, 5) is 0.830. The van der Waals surface area contributed by atoms with Gasteiger partial charge in [0.15, 0.2) is 11.5 Å². The van der Waals surface area contributed by atoms with Crippen molar-refractivity contribution in [2.45, 2.75) is 11.8 Å². The highest BCUT2D eigenvalue weighted by molar-refractivity contribution is 7.80. The summed E-state index contributed by atoms with van der Waals surface area (Å²) in [5.41, 5.74) is 1.08. The molecule has 0 spiro atoms. The van der Waals surface area contributed by atoms with Gasteiger partial charge in [-0.25, -0.2) is 0 Å². The minimum atomic E-state index is 0.695. The number of benzene rings is 1. The number of hydrogen-bond donors (Lipinski definition) is 1. The van der Waals surface area contributed by atoms with Crippen molar-refractivity contribution < 1.29 is 9.47 Å². The number of rotatable bonds is 2. The standard InChI is InChI=1S/C9H12O2S/c1-6-4-5-7(10-2)8(11-3)9(6)12/h4-5,12H,1-3H3. The van der Waals surface area contributed by atoms with Crippen LogP contribution in [0.1, 0.15) is 5.56 Å². The van der Waals surface area contributed by atoms with Crippen LogP contribution in [-0.2, 0) is 0 Å². The van der Waals surface area contributed by atoms with Gasteiger partial charge in [-0.2, -0.15) is 0 Å². The van der Waals surface area contributed by atoms with Crippen molar-refractivity contribution in [1.82, 2.24) is 0 Å². The predicted molar refractivity (Wildman–Crippen MR) is 51.5 cm³/mol. The van der Waals surface area contributed by atoms with Crippen molar-refractivity contribution in [3.05, 3.63) is 17.7 Å². The average Bonchev–Trinajstić information content (AvgIpc) is 2.09. The van der Waals surface area contributed by atoms with Crippen LogP contribution >= 0.6 is 12.6 Å². The SMILES string of the molecule is COc1ccc(C)c(S)c1OC. The third-order valence-electron chi connectivity index (χ3n) is 1.72. The number of aryl methyl sites for hydroxylation is 1. The molecular weight excluding hydrogens is 172 g/mol. The second kappa shape index (κ2) is 3.72. The minimum absolute atomic E-state index is 0.695. The lowest BCUT2D eigenvalue weighted by atomic mass is 10.2. The van der Waals surface area contributed by atoms with Crippen LogP contribution < -0.4 is 9.47 Å². The van der Waals surface area contributed by atoms with Gasteiger partial charge in [0, 0.05) is 0 Å². The maximum absolute atomic E-state index is 5.15. The van der Waals surface area contributed by atoms with Crippen molar-refractivity contribution in [3.8, 4) is 11.5 Å². The highest BCUT2D eigenvalue weighted by Gasteiger charge is 2.08. The number of ether oxygens (including phenoxy) is 2. The van der Waals surface area contributed by atoms with Crippen LogP contribution in [-0.4, -0.2) is 14.2 Å². The first-order chi connectivity index (χ1) is 5.70. The third kappa shape index (κ3) is 1.50.